The molecule has 14 heteroatoms. The topological polar surface area (TPSA) is 115 Å². The molecule has 0 spiro atoms. The van der Waals surface area contributed by atoms with Gasteiger partial charge in [-0.25, -0.2) is 15.0 Å². The van der Waals surface area contributed by atoms with Crippen molar-refractivity contribution in [3.8, 4) is 22.9 Å². The zero-order chi connectivity index (χ0) is 29.2. The third kappa shape index (κ3) is 8.42. The maximum atomic E-state index is 11.1. The molecule has 1 aromatic carbocycles. The number of carboxylic acids is 1. The smallest absolute Gasteiger partial charge is 0.303 e. The molecule has 6 rings (SSSR count). The lowest BCUT2D eigenvalue weighted by molar-refractivity contribution is -0.138. The van der Waals surface area contributed by atoms with Crippen LogP contribution in [0, 0.1) is 5.92 Å². The number of hydrogen-bond donors (Lipinski definition) is 2. The van der Waals surface area contributed by atoms with E-state index in [0.717, 1.165) is 63.1 Å². The first-order valence-electron chi connectivity index (χ1n) is 14.4. The van der Waals surface area contributed by atoms with E-state index in [-0.39, 0.29) is 49.3 Å². The molecular formula is C30H36Cl4N6O4. The maximum Gasteiger partial charge on any atom is 0.303 e. The molecule has 5 heterocycles. The highest BCUT2D eigenvalue weighted by Gasteiger charge is 2.37. The molecule has 0 amide bonds. The van der Waals surface area contributed by atoms with Crippen LogP contribution in [0.25, 0.3) is 11.3 Å². The summed E-state index contributed by atoms with van der Waals surface area (Å²) in [5.41, 5.74) is 2.46. The van der Waals surface area contributed by atoms with Crippen LogP contribution in [0.15, 0.2) is 42.7 Å². The first-order valence-corrected chi connectivity index (χ1v) is 15.1. The average molecular weight is 686 g/mol. The van der Waals surface area contributed by atoms with Crippen LogP contribution in [0.4, 0.5) is 5.95 Å². The fraction of sp³-hybridized carbons (Fsp3) is 0.467. The van der Waals surface area contributed by atoms with E-state index in [1.807, 2.05) is 24.3 Å². The molecule has 238 valence electrons. The van der Waals surface area contributed by atoms with E-state index in [9.17, 15) is 9.90 Å². The molecule has 0 bridgehead atoms. The van der Waals surface area contributed by atoms with E-state index >= 15 is 0 Å². The van der Waals surface area contributed by atoms with Crippen molar-refractivity contribution in [3.63, 3.8) is 0 Å². The van der Waals surface area contributed by atoms with Gasteiger partial charge in [0.1, 0.15) is 0 Å². The molecule has 2 N–H and O–H groups in total. The zero-order valence-corrected chi connectivity index (χ0v) is 27.2. The number of piperazine rings is 1. The van der Waals surface area contributed by atoms with E-state index in [1.54, 1.807) is 18.5 Å². The summed E-state index contributed by atoms with van der Waals surface area (Å²) in [5.74, 6) is 0.963. The minimum Gasteiger partial charge on any atom is -0.481 e. The van der Waals surface area contributed by atoms with Gasteiger partial charge in [0.05, 0.1) is 30.2 Å². The fourth-order valence-corrected chi connectivity index (χ4v) is 6.74. The van der Waals surface area contributed by atoms with E-state index in [0.29, 0.717) is 46.4 Å². The van der Waals surface area contributed by atoms with Gasteiger partial charge >= 0.3 is 5.97 Å². The molecule has 0 unspecified atom stereocenters. The van der Waals surface area contributed by atoms with Gasteiger partial charge in [-0.05, 0) is 68.1 Å². The molecular weight excluding hydrogens is 650 g/mol. The molecule has 3 fully saturated rings. The second kappa shape index (κ2) is 15.2. The van der Waals surface area contributed by atoms with Crippen LogP contribution in [-0.2, 0) is 11.3 Å². The third-order valence-corrected chi connectivity index (χ3v) is 8.84. The first kappa shape index (κ1) is 34.4. The lowest BCUT2D eigenvalue weighted by Gasteiger charge is -2.38. The number of hydrogen-bond acceptors (Lipinski definition) is 9. The van der Waals surface area contributed by atoms with E-state index < -0.39 is 5.97 Å². The van der Waals surface area contributed by atoms with Gasteiger partial charge in [0.15, 0.2) is 5.75 Å². The van der Waals surface area contributed by atoms with Crippen LogP contribution in [0.3, 0.4) is 0 Å². The molecule has 0 saturated carbocycles. The number of halogens is 4. The molecule has 0 radical (unpaired) electrons. The van der Waals surface area contributed by atoms with Gasteiger partial charge in [0.25, 0.3) is 0 Å². The molecule has 3 aliphatic rings. The predicted molar refractivity (Wildman–Crippen MR) is 175 cm³/mol. The van der Waals surface area contributed by atoms with Crippen molar-refractivity contribution in [1.82, 2.24) is 24.8 Å². The number of anilines is 1. The van der Waals surface area contributed by atoms with Crippen LogP contribution in [-0.4, -0.2) is 92.3 Å². The molecule has 10 nitrogen and oxygen atoms in total. The Morgan fingerprint density at radius 3 is 2.32 bits per heavy atom. The predicted octanol–water partition coefficient (Wildman–Crippen LogP) is 5.42. The Morgan fingerprint density at radius 2 is 1.64 bits per heavy atom. The SMILES string of the molecule is Cl.Cl.O=C(O)CC1CCN(Cc2cc(Oc3cnc(N4CCN5CC[C@H](O)[C@H]5C4)nc3)nc(-c3cc(Cl)cc(Cl)c3)c2)CC1. The Hall–Kier alpha value is -2.44. The van der Waals surface area contributed by atoms with E-state index in [4.69, 9.17) is 38.0 Å². The number of carboxylic acid groups (broad SMARTS) is 1. The Labute approximate surface area is 279 Å². The Morgan fingerprint density at radius 1 is 0.932 bits per heavy atom. The van der Waals surface area contributed by atoms with Gasteiger partial charge < -0.3 is 19.8 Å². The minimum atomic E-state index is -0.735. The monoisotopic (exact) mass is 684 g/mol. The highest BCUT2D eigenvalue weighted by Crippen LogP contribution is 2.31. The summed E-state index contributed by atoms with van der Waals surface area (Å²) < 4.78 is 6.17. The van der Waals surface area contributed by atoms with Gasteiger partial charge in [0, 0.05) is 60.8 Å². The second-order valence-corrected chi connectivity index (χ2v) is 12.3. The van der Waals surface area contributed by atoms with Crippen molar-refractivity contribution in [1.29, 1.82) is 0 Å². The number of benzene rings is 1. The van der Waals surface area contributed by atoms with Crippen LogP contribution >= 0.6 is 48.0 Å². The average Bonchev–Trinajstić information content (AvgIpc) is 3.33. The van der Waals surface area contributed by atoms with Crippen molar-refractivity contribution in [2.75, 3.05) is 44.2 Å². The van der Waals surface area contributed by atoms with E-state index in [1.165, 1.54) is 0 Å². The number of pyridine rings is 1. The van der Waals surface area contributed by atoms with Gasteiger partial charge in [-0.1, -0.05) is 23.2 Å². The number of nitrogens with zero attached hydrogens (tertiary/aromatic N) is 6. The summed E-state index contributed by atoms with van der Waals surface area (Å²) in [5, 5.41) is 20.5. The number of piperidine rings is 1. The minimum absolute atomic E-state index is 0. The lowest BCUT2D eigenvalue weighted by Crippen LogP contribution is -2.53. The number of aromatic nitrogens is 3. The number of likely N-dealkylation sites (tertiary alicyclic amines) is 1. The molecule has 0 aliphatic carbocycles. The molecule has 44 heavy (non-hydrogen) atoms. The normalized spacial score (nSPS) is 20.8. The van der Waals surface area contributed by atoms with Crippen LogP contribution < -0.4 is 9.64 Å². The Bertz CT molecular complexity index is 1410. The quantitative estimate of drug-likeness (QED) is 0.318. The number of aliphatic hydroxyl groups excluding tert-OH is 1. The lowest BCUT2D eigenvalue weighted by atomic mass is 9.93. The summed E-state index contributed by atoms with van der Waals surface area (Å²) in [6.07, 6.45) is 5.74. The number of ether oxygens (including phenoxy) is 1. The number of fused-ring (bicyclic) bond motifs is 1. The van der Waals surface area contributed by atoms with Crippen LogP contribution in [0.2, 0.25) is 10.0 Å². The number of aliphatic carboxylic acids is 1. The van der Waals surface area contributed by atoms with E-state index in [2.05, 4.69) is 24.7 Å². The standard InChI is InChI=1S/C30H34Cl2N6O4.2ClH/c31-22-12-21(13-23(32)14-22)25-9-20(17-36-4-1-19(2-5-36)11-29(40)41)10-28(35-25)42-24-15-33-30(34-16-24)38-8-7-37-6-3-27(39)26(37)18-38;;/h9-10,12-16,19,26-27,39H,1-8,11,17-18H2,(H,40,41);2*1H/t26-,27+;;/m1../s1. The summed E-state index contributed by atoms with van der Waals surface area (Å²) in [6, 6.07) is 9.36. The number of carbonyl (C=O) groups is 1. The first-order chi connectivity index (χ1) is 20.3. The van der Waals surface area contributed by atoms with Gasteiger partial charge in [-0.2, -0.15) is 0 Å². The summed E-state index contributed by atoms with van der Waals surface area (Å²) >= 11 is 12.6. The van der Waals surface area contributed by atoms with Crippen LogP contribution in [0.1, 0.15) is 31.2 Å². The molecule has 2 aromatic heterocycles. The van der Waals surface area contributed by atoms with Crippen molar-refractivity contribution in [2.45, 2.75) is 44.4 Å². The van der Waals surface area contributed by atoms with Crippen molar-refractivity contribution >= 4 is 59.9 Å². The highest BCUT2D eigenvalue weighted by atomic mass is 35.5. The Kier molecular flexibility index (Phi) is 11.9. The summed E-state index contributed by atoms with van der Waals surface area (Å²) in [6.45, 7) is 5.66. The van der Waals surface area contributed by atoms with Crippen molar-refractivity contribution < 1.29 is 19.7 Å². The molecule has 2 atom stereocenters. The van der Waals surface area contributed by atoms with Gasteiger partial charge in [-0.15, -0.1) is 24.8 Å². The maximum absolute atomic E-state index is 11.1. The number of rotatable bonds is 8. The number of aliphatic hydroxyl groups is 1. The van der Waals surface area contributed by atoms with Crippen molar-refractivity contribution in [3.05, 3.63) is 58.3 Å². The molecule has 3 saturated heterocycles. The van der Waals surface area contributed by atoms with Crippen molar-refractivity contribution in [2.24, 2.45) is 5.92 Å². The van der Waals surface area contributed by atoms with Crippen LogP contribution in [0.5, 0.6) is 11.6 Å². The molecule has 3 aromatic rings. The van der Waals surface area contributed by atoms with Gasteiger partial charge in [0.2, 0.25) is 11.8 Å². The largest absolute Gasteiger partial charge is 0.481 e. The highest BCUT2D eigenvalue weighted by molar-refractivity contribution is 6.35. The van der Waals surface area contributed by atoms with Gasteiger partial charge in [-0.3, -0.25) is 14.6 Å². The summed E-state index contributed by atoms with van der Waals surface area (Å²) in [4.78, 5) is 31.8. The fourth-order valence-electron chi connectivity index (χ4n) is 6.21. The zero-order valence-electron chi connectivity index (χ0n) is 24.0. The summed E-state index contributed by atoms with van der Waals surface area (Å²) in [7, 11) is 0. The second-order valence-electron chi connectivity index (χ2n) is 11.4. The third-order valence-electron chi connectivity index (χ3n) is 8.41. The molecule has 3 aliphatic heterocycles. The Balaban J connectivity index is 0.00000221.